The first kappa shape index (κ1) is 10.4. The van der Waals surface area contributed by atoms with Gasteiger partial charge < -0.3 is 10.5 Å². The standard InChI is InChI=1S/C10H15NOS/c1-3-12-7-13-10-6-9(11)5-4-8(10)2/h4-6H,3,7,11H2,1-2H3. The third-order valence-electron chi connectivity index (χ3n) is 1.71. The van der Waals surface area contributed by atoms with Gasteiger partial charge in [0.15, 0.2) is 0 Å². The molecule has 2 N–H and O–H groups in total. The highest BCUT2D eigenvalue weighted by molar-refractivity contribution is 7.99. The van der Waals surface area contributed by atoms with E-state index in [9.17, 15) is 0 Å². The molecule has 72 valence electrons. The molecule has 3 heteroatoms. The van der Waals surface area contributed by atoms with Crippen molar-refractivity contribution in [2.45, 2.75) is 18.7 Å². The van der Waals surface area contributed by atoms with Gasteiger partial charge in [-0.1, -0.05) is 17.8 Å². The van der Waals surface area contributed by atoms with Crippen LogP contribution in [0.15, 0.2) is 23.1 Å². The van der Waals surface area contributed by atoms with E-state index in [-0.39, 0.29) is 0 Å². The fraction of sp³-hybridized carbons (Fsp3) is 0.400. The van der Waals surface area contributed by atoms with Crippen molar-refractivity contribution in [3.05, 3.63) is 23.8 Å². The zero-order chi connectivity index (χ0) is 9.68. The van der Waals surface area contributed by atoms with E-state index in [1.54, 1.807) is 11.8 Å². The lowest BCUT2D eigenvalue weighted by atomic mass is 10.2. The van der Waals surface area contributed by atoms with E-state index in [1.807, 2.05) is 25.1 Å². The first-order valence-electron chi connectivity index (χ1n) is 4.30. The average molecular weight is 197 g/mol. The summed E-state index contributed by atoms with van der Waals surface area (Å²) in [5.74, 6) is 0.695. The molecule has 0 radical (unpaired) electrons. The van der Waals surface area contributed by atoms with Crippen LogP contribution in [0.1, 0.15) is 12.5 Å². The maximum Gasteiger partial charge on any atom is 0.0966 e. The number of thioether (sulfide) groups is 1. The van der Waals surface area contributed by atoms with Crippen LogP contribution in [-0.2, 0) is 4.74 Å². The van der Waals surface area contributed by atoms with Gasteiger partial charge in [0.1, 0.15) is 0 Å². The predicted octanol–water partition coefficient (Wildman–Crippen LogP) is 2.66. The normalized spacial score (nSPS) is 10.3. The maximum absolute atomic E-state index is 5.68. The summed E-state index contributed by atoms with van der Waals surface area (Å²) in [6.45, 7) is 4.83. The largest absolute Gasteiger partial charge is 0.399 e. The van der Waals surface area contributed by atoms with E-state index in [1.165, 1.54) is 10.5 Å². The Morgan fingerprint density at radius 3 is 2.92 bits per heavy atom. The van der Waals surface area contributed by atoms with Crippen LogP contribution in [0.5, 0.6) is 0 Å². The average Bonchev–Trinajstić information content (AvgIpc) is 2.11. The lowest BCUT2D eigenvalue weighted by Gasteiger charge is -2.06. The van der Waals surface area contributed by atoms with Gasteiger partial charge in [0.25, 0.3) is 0 Å². The van der Waals surface area contributed by atoms with Gasteiger partial charge in [-0.25, -0.2) is 0 Å². The predicted molar refractivity (Wildman–Crippen MR) is 57.9 cm³/mol. The Labute approximate surface area is 83.5 Å². The molecule has 0 amide bonds. The minimum Gasteiger partial charge on any atom is -0.399 e. The lowest BCUT2D eigenvalue weighted by molar-refractivity contribution is 0.199. The van der Waals surface area contributed by atoms with Crippen molar-refractivity contribution in [3.8, 4) is 0 Å². The number of nitrogen functional groups attached to an aromatic ring is 1. The summed E-state index contributed by atoms with van der Waals surface area (Å²) >= 11 is 1.68. The first-order valence-corrected chi connectivity index (χ1v) is 5.29. The van der Waals surface area contributed by atoms with E-state index in [0.29, 0.717) is 5.94 Å². The van der Waals surface area contributed by atoms with Crippen LogP contribution >= 0.6 is 11.8 Å². The van der Waals surface area contributed by atoms with Crippen LogP contribution in [0.3, 0.4) is 0 Å². The second kappa shape index (κ2) is 5.14. The van der Waals surface area contributed by atoms with Crippen molar-refractivity contribution in [2.24, 2.45) is 0 Å². The quantitative estimate of drug-likeness (QED) is 0.349. The Morgan fingerprint density at radius 2 is 2.23 bits per heavy atom. The number of hydrogen-bond donors (Lipinski definition) is 1. The zero-order valence-corrected chi connectivity index (χ0v) is 8.86. The van der Waals surface area contributed by atoms with Crippen LogP contribution in [0.4, 0.5) is 5.69 Å². The number of ether oxygens (including phenoxy) is 1. The van der Waals surface area contributed by atoms with Crippen molar-refractivity contribution >= 4 is 17.4 Å². The lowest BCUT2D eigenvalue weighted by Crippen LogP contribution is -1.91. The van der Waals surface area contributed by atoms with E-state index >= 15 is 0 Å². The van der Waals surface area contributed by atoms with Crippen LogP contribution in [0.25, 0.3) is 0 Å². The Balaban J connectivity index is 2.59. The maximum atomic E-state index is 5.68. The summed E-state index contributed by atoms with van der Waals surface area (Å²) < 4.78 is 5.25. The van der Waals surface area contributed by atoms with Crippen molar-refractivity contribution in [1.82, 2.24) is 0 Å². The number of rotatable bonds is 4. The van der Waals surface area contributed by atoms with Crippen molar-refractivity contribution in [2.75, 3.05) is 18.3 Å². The monoisotopic (exact) mass is 197 g/mol. The number of anilines is 1. The number of nitrogens with two attached hydrogens (primary N) is 1. The number of hydrogen-bond acceptors (Lipinski definition) is 3. The highest BCUT2D eigenvalue weighted by atomic mass is 32.2. The van der Waals surface area contributed by atoms with Gasteiger partial charge in [-0.05, 0) is 31.5 Å². The third-order valence-corrected chi connectivity index (χ3v) is 2.75. The second-order valence-electron chi connectivity index (χ2n) is 2.78. The van der Waals surface area contributed by atoms with Gasteiger partial charge in [-0.3, -0.25) is 0 Å². The molecule has 13 heavy (non-hydrogen) atoms. The van der Waals surface area contributed by atoms with Crippen molar-refractivity contribution in [1.29, 1.82) is 0 Å². The molecule has 0 unspecified atom stereocenters. The molecule has 0 aliphatic heterocycles. The molecule has 2 nitrogen and oxygen atoms in total. The molecule has 1 aromatic carbocycles. The van der Waals surface area contributed by atoms with Gasteiger partial charge in [0, 0.05) is 17.2 Å². The number of benzene rings is 1. The summed E-state index contributed by atoms with van der Waals surface area (Å²) in [5.41, 5.74) is 7.74. The van der Waals surface area contributed by atoms with Crippen molar-refractivity contribution < 1.29 is 4.74 Å². The van der Waals surface area contributed by atoms with Gasteiger partial charge in [-0.2, -0.15) is 0 Å². The number of aryl methyl sites for hydroxylation is 1. The molecule has 0 heterocycles. The Bertz CT molecular complexity index is 276. The second-order valence-corrected chi connectivity index (χ2v) is 3.74. The highest BCUT2D eigenvalue weighted by Crippen LogP contribution is 2.24. The van der Waals surface area contributed by atoms with E-state index < -0.39 is 0 Å². The van der Waals surface area contributed by atoms with Gasteiger partial charge >= 0.3 is 0 Å². The third kappa shape index (κ3) is 3.28. The Hall–Kier alpha value is -0.670. The Kier molecular flexibility index (Phi) is 4.12. The SMILES string of the molecule is CCOCSc1cc(N)ccc1C. The van der Waals surface area contributed by atoms with E-state index in [2.05, 4.69) is 6.92 Å². The van der Waals surface area contributed by atoms with Crippen LogP contribution in [0, 0.1) is 6.92 Å². The smallest absolute Gasteiger partial charge is 0.0966 e. The summed E-state index contributed by atoms with van der Waals surface area (Å²) in [6, 6.07) is 5.93. The Morgan fingerprint density at radius 1 is 1.46 bits per heavy atom. The summed E-state index contributed by atoms with van der Waals surface area (Å²) in [5, 5.41) is 0. The fourth-order valence-corrected chi connectivity index (χ4v) is 1.85. The van der Waals surface area contributed by atoms with E-state index in [0.717, 1.165) is 12.3 Å². The van der Waals surface area contributed by atoms with Crippen molar-refractivity contribution in [3.63, 3.8) is 0 Å². The molecule has 0 spiro atoms. The molecule has 0 aliphatic rings. The van der Waals surface area contributed by atoms with Gasteiger partial charge in [-0.15, -0.1) is 0 Å². The molecule has 1 rings (SSSR count). The van der Waals surface area contributed by atoms with Gasteiger partial charge in [0.2, 0.25) is 0 Å². The first-order chi connectivity index (χ1) is 6.24. The summed E-state index contributed by atoms with van der Waals surface area (Å²) in [4.78, 5) is 1.20. The molecular weight excluding hydrogens is 182 g/mol. The molecule has 0 aliphatic carbocycles. The van der Waals surface area contributed by atoms with Crippen LogP contribution in [-0.4, -0.2) is 12.5 Å². The zero-order valence-electron chi connectivity index (χ0n) is 8.04. The van der Waals surface area contributed by atoms with Gasteiger partial charge in [0.05, 0.1) is 5.94 Å². The van der Waals surface area contributed by atoms with E-state index in [4.69, 9.17) is 10.5 Å². The molecule has 0 bridgehead atoms. The minimum atomic E-state index is 0.695. The molecular formula is C10H15NOS. The molecule has 0 fully saturated rings. The topological polar surface area (TPSA) is 35.2 Å². The fourth-order valence-electron chi connectivity index (χ4n) is 0.961. The molecule has 0 aromatic heterocycles. The summed E-state index contributed by atoms with van der Waals surface area (Å²) in [7, 11) is 0. The molecule has 1 aromatic rings. The molecule has 0 saturated carbocycles. The molecule has 0 atom stereocenters. The molecule has 0 saturated heterocycles. The van der Waals surface area contributed by atoms with Crippen LogP contribution in [0.2, 0.25) is 0 Å². The minimum absolute atomic E-state index is 0.695. The van der Waals surface area contributed by atoms with Crippen LogP contribution < -0.4 is 5.73 Å². The highest BCUT2D eigenvalue weighted by Gasteiger charge is 1.98. The summed E-state index contributed by atoms with van der Waals surface area (Å²) in [6.07, 6.45) is 0.